The molecule has 162 valence electrons. The van der Waals surface area contributed by atoms with Crippen molar-refractivity contribution in [3.8, 4) is 11.1 Å². The first-order chi connectivity index (χ1) is 15.0. The first kappa shape index (κ1) is 20.9. The SMILES string of the molecule is CC(=O)N1CCC([C@@H](NC(=O)OCC2c3ccccc3-c3ccccc32)C(=O)O)CC1. The summed E-state index contributed by atoms with van der Waals surface area (Å²) in [6.45, 7) is 2.63. The molecule has 0 unspecified atom stereocenters. The zero-order valence-corrected chi connectivity index (χ0v) is 17.4. The van der Waals surface area contributed by atoms with Crippen LogP contribution in [0, 0.1) is 5.92 Å². The number of hydrogen-bond donors (Lipinski definition) is 2. The fourth-order valence-electron chi connectivity index (χ4n) is 4.70. The molecular formula is C24H26N2O5. The van der Waals surface area contributed by atoms with Gasteiger partial charge in [0.1, 0.15) is 12.6 Å². The molecule has 0 aromatic heterocycles. The Morgan fingerprint density at radius 1 is 1.03 bits per heavy atom. The number of rotatable bonds is 5. The highest BCUT2D eigenvalue weighted by Crippen LogP contribution is 2.44. The summed E-state index contributed by atoms with van der Waals surface area (Å²) < 4.78 is 5.49. The lowest BCUT2D eigenvalue weighted by molar-refractivity contribution is -0.141. The summed E-state index contributed by atoms with van der Waals surface area (Å²) >= 11 is 0. The molecule has 7 nitrogen and oxygen atoms in total. The molecule has 2 aliphatic rings. The first-order valence-corrected chi connectivity index (χ1v) is 10.6. The molecule has 1 atom stereocenters. The summed E-state index contributed by atoms with van der Waals surface area (Å²) in [6, 6.07) is 15.0. The van der Waals surface area contributed by atoms with Crippen molar-refractivity contribution in [1.29, 1.82) is 0 Å². The summed E-state index contributed by atoms with van der Waals surface area (Å²) in [5.41, 5.74) is 4.46. The van der Waals surface area contributed by atoms with E-state index in [1.54, 1.807) is 4.90 Å². The predicted molar refractivity (Wildman–Crippen MR) is 115 cm³/mol. The van der Waals surface area contributed by atoms with Crippen molar-refractivity contribution >= 4 is 18.0 Å². The second-order valence-corrected chi connectivity index (χ2v) is 8.13. The van der Waals surface area contributed by atoms with E-state index in [2.05, 4.69) is 17.4 Å². The molecule has 1 saturated heterocycles. The Labute approximate surface area is 181 Å². The van der Waals surface area contributed by atoms with Crippen LogP contribution >= 0.6 is 0 Å². The number of aliphatic carboxylic acids is 1. The highest BCUT2D eigenvalue weighted by atomic mass is 16.5. The molecule has 31 heavy (non-hydrogen) atoms. The highest BCUT2D eigenvalue weighted by Gasteiger charge is 2.34. The van der Waals surface area contributed by atoms with Gasteiger partial charge in [0.05, 0.1) is 0 Å². The van der Waals surface area contributed by atoms with E-state index < -0.39 is 18.1 Å². The van der Waals surface area contributed by atoms with Gasteiger partial charge in [-0.25, -0.2) is 9.59 Å². The van der Waals surface area contributed by atoms with Crippen LogP contribution in [0.15, 0.2) is 48.5 Å². The lowest BCUT2D eigenvalue weighted by Gasteiger charge is -2.34. The molecule has 0 saturated carbocycles. The molecule has 7 heteroatoms. The number of fused-ring (bicyclic) bond motifs is 3. The van der Waals surface area contributed by atoms with Crippen molar-refractivity contribution in [2.75, 3.05) is 19.7 Å². The Hall–Kier alpha value is -3.35. The summed E-state index contributed by atoms with van der Waals surface area (Å²) in [5, 5.41) is 12.2. The van der Waals surface area contributed by atoms with E-state index in [4.69, 9.17) is 4.74 Å². The van der Waals surface area contributed by atoms with Crippen LogP contribution in [0.1, 0.15) is 36.8 Å². The van der Waals surface area contributed by atoms with Crippen molar-refractivity contribution in [2.45, 2.75) is 31.7 Å². The van der Waals surface area contributed by atoms with Gasteiger partial charge >= 0.3 is 12.1 Å². The molecule has 1 aliphatic carbocycles. The number of hydrogen-bond acceptors (Lipinski definition) is 4. The van der Waals surface area contributed by atoms with Crippen LogP contribution in [0.25, 0.3) is 11.1 Å². The predicted octanol–water partition coefficient (Wildman–Crippen LogP) is 3.24. The topological polar surface area (TPSA) is 95.9 Å². The van der Waals surface area contributed by atoms with Gasteiger partial charge in [0.15, 0.2) is 0 Å². The molecule has 2 aromatic carbocycles. The lowest BCUT2D eigenvalue weighted by atomic mass is 9.89. The standard InChI is InChI=1S/C24H26N2O5/c1-15(27)26-12-10-16(11-13-26)22(23(28)29)25-24(30)31-14-21-19-8-4-2-6-17(19)18-7-3-5-9-20(18)21/h2-9,16,21-22H,10-14H2,1H3,(H,25,30)(H,28,29)/t22-/m1/s1. The molecule has 2 N–H and O–H groups in total. The van der Waals surface area contributed by atoms with Crippen LogP contribution in [0.2, 0.25) is 0 Å². The van der Waals surface area contributed by atoms with Crippen LogP contribution in [0.3, 0.4) is 0 Å². The zero-order valence-electron chi connectivity index (χ0n) is 17.4. The Kier molecular flexibility index (Phi) is 5.93. The number of nitrogens with one attached hydrogen (secondary N) is 1. The van der Waals surface area contributed by atoms with Gasteiger partial charge in [-0.3, -0.25) is 4.79 Å². The highest BCUT2D eigenvalue weighted by molar-refractivity contribution is 5.81. The van der Waals surface area contributed by atoms with E-state index in [0.717, 1.165) is 22.3 Å². The number of ether oxygens (including phenoxy) is 1. The number of likely N-dealkylation sites (tertiary alicyclic amines) is 1. The number of carbonyl (C=O) groups excluding carboxylic acids is 2. The van der Waals surface area contributed by atoms with Crippen molar-refractivity contribution in [3.63, 3.8) is 0 Å². The van der Waals surface area contributed by atoms with E-state index in [9.17, 15) is 19.5 Å². The second kappa shape index (κ2) is 8.79. The maximum atomic E-state index is 12.5. The molecule has 0 spiro atoms. The minimum Gasteiger partial charge on any atom is -0.480 e. The molecule has 0 radical (unpaired) electrons. The minimum absolute atomic E-state index is 0.0187. The van der Waals surface area contributed by atoms with Crippen molar-refractivity contribution in [1.82, 2.24) is 10.2 Å². The molecule has 1 fully saturated rings. The van der Waals surface area contributed by atoms with Crippen LogP contribution in [-0.2, 0) is 14.3 Å². The Morgan fingerprint density at radius 3 is 2.10 bits per heavy atom. The smallest absolute Gasteiger partial charge is 0.407 e. The van der Waals surface area contributed by atoms with E-state index in [1.807, 2.05) is 36.4 Å². The number of nitrogens with zero attached hydrogens (tertiary/aromatic N) is 1. The summed E-state index contributed by atoms with van der Waals surface area (Å²) in [4.78, 5) is 37.5. The number of carboxylic acid groups (broad SMARTS) is 1. The molecule has 2 aromatic rings. The monoisotopic (exact) mass is 422 g/mol. The maximum absolute atomic E-state index is 12.5. The molecular weight excluding hydrogens is 396 g/mol. The van der Waals surface area contributed by atoms with E-state index in [1.165, 1.54) is 6.92 Å². The number of benzene rings is 2. The van der Waals surface area contributed by atoms with Crippen molar-refractivity contribution in [2.24, 2.45) is 5.92 Å². The number of alkyl carbamates (subject to hydrolysis) is 1. The summed E-state index contributed by atoms with van der Waals surface area (Å²) in [5.74, 6) is -1.43. The first-order valence-electron chi connectivity index (χ1n) is 10.6. The quantitative estimate of drug-likeness (QED) is 0.771. The van der Waals surface area contributed by atoms with Crippen molar-refractivity contribution in [3.05, 3.63) is 59.7 Å². The Balaban J connectivity index is 1.40. The second-order valence-electron chi connectivity index (χ2n) is 8.13. The molecule has 1 heterocycles. The average Bonchev–Trinajstić information content (AvgIpc) is 3.10. The third-order valence-electron chi connectivity index (χ3n) is 6.34. The third-order valence-corrected chi connectivity index (χ3v) is 6.34. The third kappa shape index (κ3) is 4.26. The zero-order chi connectivity index (χ0) is 22.0. The summed E-state index contributed by atoms with van der Waals surface area (Å²) in [7, 11) is 0. The normalized spacial score (nSPS) is 16.9. The molecule has 2 amide bonds. The Bertz CT molecular complexity index is 951. The van der Waals surface area contributed by atoms with E-state index in [0.29, 0.717) is 25.9 Å². The number of carbonyl (C=O) groups is 3. The van der Waals surface area contributed by atoms with Gasteiger partial charge in [-0.2, -0.15) is 0 Å². The van der Waals surface area contributed by atoms with Gasteiger partial charge in [0, 0.05) is 25.9 Å². The summed E-state index contributed by atoms with van der Waals surface area (Å²) in [6.07, 6.45) is 0.323. The maximum Gasteiger partial charge on any atom is 0.407 e. The fraction of sp³-hybridized carbons (Fsp3) is 0.375. The van der Waals surface area contributed by atoms with E-state index in [-0.39, 0.29) is 24.3 Å². The van der Waals surface area contributed by atoms with E-state index >= 15 is 0 Å². The van der Waals surface area contributed by atoms with Crippen molar-refractivity contribution < 1.29 is 24.2 Å². The number of carboxylic acids is 1. The van der Waals surface area contributed by atoms with Gasteiger partial charge in [-0.15, -0.1) is 0 Å². The lowest BCUT2D eigenvalue weighted by Crippen LogP contribution is -2.50. The van der Waals surface area contributed by atoms with Gasteiger partial charge in [-0.1, -0.05) is 48.5 Å². The largest absolute Gasteiger partial charge is 0.480 e. The van der Waals surface area contributed by atoms with Gasteiger partial charge in [0.2, 0.25) is 5.91 Å². The van der Waals surface area contributed by atoms with Gasteiger partial charge in [-0.05, 0) is 41.0 Å². The fourth-order valence-corrected chi connectivity index (χ4v) is 4.70. The van der Waals surface area contributed by atoms with Crippen LogP contribution in [-0.4, -0.2) is 53.7 Å². The molecule has 4 rings (SSSR count). The van der Waals surface area contributed by atoms with Crippen LogP contribution < -0.4 is 5.32 Å². The molecule has 1 aliphatic heterocycles. The number of amides is 2. The molecule has 0 bridgehead atoms. The van der Waals surface area contributed by atoms with Crippen LogP contribution in [0.5, 0.6) is 0 Å². The Morgan fingerprint density at radius 2 is 1.58 bits per heavy atom. The van der Waals surface area contributed by atoms with Gasteiger partial charge in [0.25, 0.3) is 0 Å². The number of piperidine rings is 1. The van der Waals surface area contributed by atoms with Crippen LogP contribution in [0.4, 0.5) is 4.79 Å². The van der Waals surface area contributed by atoms with Gasteiger partial charge < -0.3 is 20.1 Å². The average molecular weight is 422 g/mol. The minimum atomic E-state index is -1.09.